The van der Waals surface area contributed by atoms with E-state index in [9.17, 15) is 4.79 Å². The van der Waals surface area contributed by atoms with Crippen LogP contribution in [0.5, 0.6) is 0 Å². The van der Waals surface area contributed by atoms with E-state index in [0.717, 1.165) is 16.8 Å². The van der Waals surface area contributed by atoms with Crippen LogP contribution >= 0.6 is 0 Å². The highest BCUT2D eigenvalue weighted by molar-refractivity contribution is 5.95. The summed E-state index contributed by atoms with van der Waals surface area (Å²) in [6, 6.07) is 11.9. The second-order valence-electron chi connectivity index (χ2n) is 7.13. The maximum atomic E-state index is 12.5. The summed E-state index contributed by atoms with van der Waals surface area (Å²) in [5, 5.41) is 20.4. The summed E-state index contributed by atoms with van der Waals surface area (Å²) in [4.78, 5) is 12.5. The predicted octanol–water partition coefficient (Wildman–Crippen LogP) is 2.71. The largest absolute Gasteiger partial charge is 0.310 e. The Kier molecular flexibility index (Phi) is 3.55. The monoisotopic (exact) mass is 373 g/mol. The Morgan fingerprint density at radius 3 is 2.68 bits per heavy atom. The smallest absolute Gasteiger partial charge is 0.226 e. The molecule has 0 aliphatic carbocycles. The van der Waals surface area contributed by atoms with E-state index in [1.807, 2.05) is 38.1 Å². The molecule has 1 aliphatic rings. The normalized spacial score (nSPS) is 16.2. The van der Waals surface area contributed by atoms with E-state index >= 15 is 0 Å². The Morgan fingerprint density at radius 1 is 1.04 bits per heavy atom. The van der Waals surface area contributed by atoms with Gasteiger partial charge < -0.3 is 5.32 Å². The first-order valence-electron chi connectivity index (χ1n) is 9.17. The van der Waals surface area contributed by atoms with Crippen molar-refractivity contribution in [2.75, 3.05) is 5.32 Å². The minimum atomic E-state index is -0.0286. The third-order valence-corrected chi connectivity index (χ3v) is 5.29. The van der Waals surface area contributed by atoms with Crippen LogP contribution in [-0.2, 0) is 4.79 Å². The van der Waals surface area contributed by atoms with Crippen molar-refractivity contribution in [1.29, 1.82) is 0 Å². The van der Waals surface area contributed by atoms with Gasteiger partial charge in [-0.05, 0) is 44.0 Å². The van der Waals surface area contributed by atoms with Crippen molar-refractivity contribution >= 4 is 17.4 Å². The lowest BCUT2D eigenvalue weighted by atomic mass is 9.84. The number of nitrogens with one attached hydrogen (secondary N) is 1. The van der Waals surface area contributed by atoms with Crippen molar-refractivity contribution in [3.8, 4) is 5.82 Å². The molecule has 8 heteroatoms. The van der Waals surface area contributed by atoms with E-state index in [2.05, 4.69) is 39.7 Å². The van der Waals surface area contributed by atoms with Crippen LogP contribution in [0.4, 0.5) is 5.82 Å². The molecule has 4 heterocycles. The molecule has 0 bridgehead atoms. The van der Waals surface area contributed by atoms with Gasteiger partial charge in [0.15, 0.2) is 17.3 Å². The molecule has 0 fully saturated rings. The van der Waals surface area contributed by atoms with Gasteiger partial charge in [-0.2, -0.15) is 14.3 Å². The number of nitrogens with zero attached hydrogens (tertiary/aromatic N) is 6. The zero-order valence-electron chi connectivity index (χ0n) is 15.8. The first kappa shape index (κ1) is 16.6. The van der Waals surface area contributed by atoms with Crippen molar-refractivity contribution in [2.24, 2.45) is 0 Å². The number of carbonyl (C=O) groups is 1. The summed E-state index contributed by atoms with van der Waals surface area (Å²) in [6.45, 7) is 5.89. The van der Waals surface area contributed by atoms with Crippen molar-refractivity contribution in [3.05, 3.63) is 64.6 Å². The second-order valence-corrected chi connectivity index (χ2v) is 7.13. The van der Waals surface area contributed by atoms with Gasteiger partial charge in [-0.25, -0.2) is 0 Å². The Morgan fingerprint density at radius 2 is 1.86 bits per heavy atom. The highest BCUT2D eigenvalue weighted by Crippen LogP contribution is 2.40. The van der Waals surface area contributed by atoms with Crippen LogP contribution in [0.3, 0.4) is 0 Å². The van der Waals surface area contributed by atoms with Crippen LogP contribution < -0.4 is 5.32 Å². The average Bonchev–Trinajstić information content (AvgIpc) is 3.21. The number of aromatic nitrogens is 6. The fourth-order valence-corrected chi connectivity index (χ4v) is 3.96. The number of carbonyl (C=O) groups excluding carboxylic acids is 1. The van der Waals surface area contributed by atoms with Crippen LogP contribution in [0.1, 0.15) is 40.5 Å². The third kappa shape index (κ3) is 2.41. The highest BCUT2D eigenvalue weighted by Gasteiger charge is 2.33. The molecule has 1 aromatic carbocycles. The first-order valence-corrected chi connectivity index (χ1v) is 9.17. The summed E-state index contributed by atoms with van der Waals surface area (Å²) in [6.07, 6.45) is 0.404. The molecule has 0 saturated heterocycles. The summed E-state index contributed by atoms with van der Waals surface area (Å²) in [5.41, 5.74) is 4.90. The van der Waals surface area contributed by atoms with Gasteiger partial charge in [0.1, 0.15) is 5.82 Å². The molecule has 1 aliphatic heterocycles. The van der Waals surface area contributed by atoms with Gasteiger partial charge >= 0.3 is 0 Å². The molecule has 1 N–H and O–H groups in total. The number of fused-ring (bicyclic) bond motifs is 2. The van der Waals surface area contributed by atoms with E-state index in [1.54, 1.807) is 9.20 Å². The lowest BCUT2D eigenvalue weighted by Gasteiger charge is -2.25. The van der Waals surface area contributed by atoms with Gasteiger partial charge in [0.2, 0.25) is 5.91 Å². The maximum Gasteiger partial charge on any atom is 0.226 e. The summed E-state index contributed by atoms with van der Waals surface area (Å²) in [5.74, 6) is 1.92. The summed E-state index contributed by atoms with van der Waals surface area (Å²) in [7, 11) is 0. The highest BCUT2D eigenvalue weighted by atomic mass is 16.1. The van der Waals surface area contributed by atoms with Gasteiger partial charge in [0.05, 0.1) is 5.69 Å². The van der Waals surface area contributed by atoms with Crippen molar-refractivity contribution < 1.29 is 4.79 Å². The minimum Gasteiger partial charge on any atom is -0.310 e. The first-order chi connectivity index (χ1) is 13.5. The molecule has 0 spiro atoms. The van der Waals surface area contributed by atoms with Crippen LogP contribution in [-0.4, -0.2) is 35.5 Å². The zero-order valence-corrected chi connectivity index (χ0v) is 15.8. The molecule has 8 nitrogen and oxygen atoms in total. The van der Waals surface area contributed by atoms with Crippen molar-refractivity contribution in [1.82, 2.24) is 29.6 Å². The molecular weight excluding hydrogens is 354 g/mol. The zero-order chi connectivity index (χ0) is 19.4. The number of benzene rings is 1. The minimum absolute atomic E-state index is 0.0246. The number of anilines is 1. The molecule has 5 rings (SSSR count). The molecule has 28 heavy (non-hydrogen) atoms. The SMILES string of the molecule is Cc1ccccc1C1CC(=O)Nc2c1c(C)nn2-c1ccc2nnc(C)n2n1. The Balaban J connectivity index is 1.70. The van der Waals surface area contributed by atoms with Crippen LogP contribution in [0.15, 0.2) is 36.4 Å². The standard InChI is InChI=1S/C20H19N7O/c1-11-6-4-5-7-14(11)15-10-18(28)21-20-19(15)12(2)24-27(20)17-9-8-16-23-22-13(3)26(16)25-17/h4-9,15H,10H2,1-3H3,(H,21,28). The van der Waals surface area contributed by atoms with E-state index in [4.69, 9.17) is 5.10 Å². The number of hydrogen-bond donors (Lipinski definition) is 1. The molecule has 3 aromatic heterocycles. The molecular formula is C20H19N7O. The molecule has 140 valence electrons. The lowest BCUT2D eigenvalue weighted by molar-refractivity contribution is -0.116. The van der Waals surface area contributed by atoms with Crippen LogP contribution in [0.2, 0.25) is 0 Å². The fourth-order valence-electron chi connectivity index (χ4n) is 3.96. The van der Waals surface area contributed by atoms with E-state index in [-0.39, 0.29) is 11.8 Å². The van der Waals surface area contributed by atoms with E-state index < -0.39 is 0 Å². The topological polar surface area (TPSA) is 90.0 Å². The van der Waals surface area contributed by atoms with Gasteiger partial charge in [-0.15, -0.1) is 15.3 Å². The van der Waals surface area contributed by atoms with E-state index in [0.29, 0.717) is 29.5 Å². The Labute approximate surface area is 161 Å². The molecule has 4 aromatic rings. The number of amides is 1. The van der Waals surface area contributed by atoms with Gasteiger partial charge in [-0.3, -0.25) is 4.79 Å². The third-order valence-electron chi connectivity index (χ3n) is 5.29. The Bertz CT molecular complexity index is 1240. The van der Waals surface area contributed by atoms with Crippen molar-refractivity contribution in [3.63, 3.8) is 0 Å². The van der Waals surface area contributed by atoms with Crippen molar-refractivity contribution in [2.45, 2.75) is 33.1 Å². The molecule has 0 radical (unpaired) electrons. The summed E-state index contributed by atoms with van der Waals surface area (Å²) < 4.78 is 3.37. The second kappa shape index (κ2) is 5.98. The van der Waals surface area contributed by atoms with Gasteiger partial charge in [0.25, 0.3) is 0 Å². The fraction of sp³-hybridized carbons (Fsp3) is 0.250. The quantitative estimate of drug-likeness (QED) is 0.583. The molecule has 1 unspecified atom stereocenters. The van der Waals surface area contributed by atoms with Crippen LogP contribution in [0.25, 0.3) is 11.5 Å². The lowest BCUT2D eigenvalue weighted by Crippen LogP contribution is -2.25. The molecule has 1 amide bonds. The Hall–Kier alpha value is -3.55. The average molecular weight is 373 g/mol. The number of aryl methyl sites for hydroxylation is 3. The van der Waals surface area contributed by atoms with Gasteiger partial charge in [0, 0.05) is 17.9 Å². The molecule has 0 saturated carbocycles. The number of rotatable bonds is 2. The van der Waals surface area contributed by atoms with Gasteiger partial charge in [-0.1, -0.05) is 24.3 Å². The molecule has 1 atom stereocenters. The number of hydrogen-bond acceptors (Lipinski definition) is 5. The summed E-state index contributed by atoms with van der Waals surface area (Å²) >= 11 is 0. The predicted molar refractivity (Wildman–Crippen MR) is 104 cm³/mol. The van der Waals surface area contributed by atoms with Crippen LogP contribution in [0, 0.1) is 20.8 Å². The maximum absolute atomic E-state index is 12.5. The van der Waals surface area contributed by atoms with E-state index in [1.165, 1.54) is 5.56 Å².